The van der Waals surface area contributed by atoms with Crippen molar-refractivity contribution >= 4 is 23.4 Å². The maximum absolute atomic E-state index is 13.1. The molecule has 0 radical (unpaired) electrons. The Kier molecular flexibility index (Phi) is 6.97. The Morgan fingerprint density at radius 1 is 1.00 bits per heavy atom. The SMILES string of the molecule is CCN(C(=O)CSc1nnc(-c2cccnc2)n1Cc1ccccc1)c1ccccc1C. The van der Waals surface area contributed by atoms with Gasteiger partial charge in [-0.1, -0.05) is 60.3 Å². The van der Waals surface area contributed by atoms with Crippen LogP contribution in [-0.4, -0.2) is 38.0 Å². The predicted octanol–water partition coefficient (Wildman–Crippen LogP) is 4.84. The molecule has 0 bridgehead atoms. The van der Waals surface area contributed by atoms with Crippen LogP contribution in [0.3, 0.4) is 0 Å². The standard InChI is InChI=1S/C25H25N5OS/c1-3-29(22-14-8-7-10-19(22)2)23(31)18-32-25-28-27-24(21-13-9-15-26-16-21)30(25)17-20-11-5-4-6-12-20/h4-16H,3,17-18H2,1-2H3. The lowest BCUT2D eigenvalue weighted by Crippen LogP contribution is -2.32. The van der Waals surface area contributed by atoms with Crippen LogP contribution in [0.4, 0.5) is 5.69 Å². The van der Waals surface area contributed by atoms with Gasteiger partial charge in [-0.15, -0.1) is 10.2 Å². The minimum atomic E-state index is 0.0454. The molecular formula is C25H25N5OS. The molecule has 2 heterocycles. The Hall–Kier alpha value is -3.45. The summed E-state index contributed by atoms with van der Waals surface area (Å²) in [4.78, 5) is 19.1. The van der Waals surface area contributed by atoms with Crippen molar-refractivity contribution in [2.75, 3.05) is 17.2 Å². The lowest BCUT2D eigenvalue weighted by Gasteiger charge is -2.22. The van der Waals surface area contributed by atoms with Crippen LogP contribution >= 0.6 is 11.8 Å². The fourth-order valence-electron chi connectivity index (χ4n) is 3.56. The Labute approximate surface area is 192 Å². The van der Waals surface area contributed by atoms with Gasteiger partial charge in [0.05, 0.1) is 12.3 Å². The van der Waals surface area contributed by atoms with Crippen LogP contribution < -0.4 is 4.90 Å². The highest BCUT2D eigenvalue weighted by Crippen LogP contribution is 2.26. The largest absolute Gasteiger partial charge is 0.312 e. The molecule has 0 spiro atoms. The fourth-order valence-corrected chi connectivity index (χ4v) is 4.38. The molecule has 4 aromatic rings. The number of benzene rings is 2. The van der Waals surface area contributed by atoms with E-state index in [-0.39, 0.29) is 11.7 Å². The van der Waals surface area contributed by atoms with Crippen LogP contribution in [0.25, 0.3) is 11.4 Å². The summed E-state index contributed by atoms with van der Waals surface area (Å²) >= 11 is 1.41. The van der Waals surface area contributed by atoms with Crippen molar-refractivity contribution in [1.82, 2.24) is 19.7 Å². The van der Waals surface area contributed by atoms with E-state index < -0.39 is 0 Å². The molecule has 0 fully saturated rings. The topological polar surface area (TPSA) is 63.9 Å². The summed E-state index contributed by atoms with van der Waals surface area (Å²) in [6, 6.07) is 22.0. The maximum atomic E-state index is 13.1. The average Bonchev–Trinajstić information content (AvgIpc) is 3.23. The van der Waals surface area contributed by atoms with Gasteiger partial charge in [-0.2, -0.15) is 0 Å². The molecule has 4 rings (SSSR count). The number of thioether (sulfide) groups is 1. The minimum absolute atomic E-state index is 0.0454. The molecule has 0 atom stereocenters. The Morgan fingerprint density at radius 3 is 2.50 bits per heavy atom. The molecule has 0 N–H and O–H groups in total. The number of para-hydroxylation sites is 1. The summed E-state index contributed by atoms with van der Waals surface area (Å²) in [7, 11) is 0. The zero-order chi connectivity index (χ0) is 22.3. The third-order valence-corrected chi connectivity index (χ3v) is 6.12. The van der Waals surface area contributed by atoms with Gasteiger partial charge >= 0.3 is 0 Å². The smallest absolute Gasteiger partial charge is 0.237 e. The number of pyridine rings is 1. The maximum Gasteiger partial charge on any atom is 0.237 e. The van der Waals surface area contributed by atoms with Gasteiger partial charge in [0.1, 0.15) is 0 Å². The lowest BCUT2D eigenvalue weighted by atomic mass is 10.2. The van der Waals surface area contributed by atoms with Gasteiger partial charge in [-0.05, 0) is 43.2 Å². The highest BCUT2D eigenvalue weighted by Gasteiger charge is 2.20. The molecule has 162 valence electrons. The van der Waals surface area contributed by atoms with E-state index >= 15 is 0 Å². The van der Waals surface area contributed by atoms with E-state index in [4.69, 9.17) is 0 Å². The van der Waals surface area contributed by atoms with E-state index in [9.17, 15) is 4.79 Å². The Bertz CT molecular complexity index is 1180. The third kappa shape index (κ3) is 4.89. The zero-order valence-electron chi connectivity index (χ0n) is 18.2. The number of carbonyl (C=O) groups excluding carboxylic acids is 1. The monoisotopic (exact) mass is 443 g/mol. The van der Waals surface area contributed by atoms with Gasteiger partial charge in [0, 0.05) is 30.2 Å². The minimum Gasteiger partial charge on any atom is -0.312 e. The van der Waals surface area contributed by atoms with Gasteiger partial charge in [-0.3, -0.25) is 14.3 Å². The Morgan fingerprint density at radius 2 is 1.78 bits per heavy atom. The number of hydrogen-bond donors (Lipinski definition) is 0. The highest BCUT2D eigenvalue weighted by molar-refractivity contribution is 7.99. The van der Waals surface area contributed by atoms with E-state index in [0.29, 0.717) is 18.2 Å². The molecule has 0 aliphatic carbocycles. The van der Waals surface area contributed by atoms with Crippen LogP contribution in [0.2, 0.25) is 0 Å². The predicted molar refractivity (Wildman–Crippen MR) is 129 cm³/mol. The first kappa shape index (κ1) is 21.8. The molecule has 32 heavy (non-hydrogen) atoms. The van der Waals surface area contributed by atoms with Crippen molar-refractivity contribution in [2.24, 2.45) is 0 Å². The van der Waals surface area contributed by atoms with Gasteiger partial charge in [0.15, 0.2) is 11.0 Å². The second-order valence-corrected chi connectivity index (χ2v) is 8.28. The van der Waals surface area contributed by atoms with Crippen molar-refractivity contribution < 1.29 is 4.79 Å². The summed E-state index contributed by atoms with van der Waals surface area (Å²) in [5.74, 6) is 1.06. The summed E-state index contributed by atoms with van der Waals surface area (Å²) in [6.07, 6.45) is 3.52. The second-order valence-electron chi connectivity index (χ2n) is 7.33. The molecule has 7 heteroatoms. The van der Waals surface area contributed by atoms with Crippen molar-refractivity contribution in [3.05, 3.63) is 90.3 Å². The van der Waals surface area contributed by atoms with E-state index in [1.807, 2.05) is 77.9 Å². The normalized spacial score (nSPS) is 10.8. The molecule has 1 amide bonds. The molecule has 0 aliphatic heterocycles. The number of amides is 1. The number of anilines is 1. The van der Waals surface area contributed by atoms with E-state index in [1.54, 1.807) is 12.4 Å². The van der Waals surface area contributed by atoms with Crippen LogP contribution in [-0.2, 0) is 11.3 Å². The number of aromatic nitrogens is 4. The molecule has 0 saturated heterocycles. The summed E-state index contributed by atoms with van der Waals surface area (Å²) < 4.78 is 2.05. The molecule has 2 aromatic heterocycles. The van der Waals surface area contributed by atoms with Crippen molar-refractivity contribution in [3.63, 3.8) is 0 Å². The van der Waals surface area contributed by atoms with Gasteiger partial charge in [0.25, 0.3) is 0 Å². The highest BCUT2D eigenvalue weighted by atomic mass is 32.2. The first-order chi connectivity index (χ1) is 15.7. The second kappa shape index (κ2) is 10.2. The van der Waals surface area contributed by atoms with Gasteiger partial charge in [-0.25, -0.2) is 0 Å². The molecular weight excluding hydrogens is 418 g/mol. The summed E-state index contributed by atoms with van der Waals surface area (Å²) in [6.45, 7) is 5.24. The number of carbonyl (C=O) groups is 1. The van der Waals surface area contributed by atoms with Crippen molar-refractivity contribution in [1.29, 1.82) is 0 Å². The first-order valence-corrected chi connectivity index (χ1v) is 11.5. The van der Waals surface area contributed by atoms with E-state index in [1.165, 1.54) is 11.8 Å². The van der Waals surface area contributed by atoms with Gasteiger partial charge < -0.3 is 4.90 Å². The number of nitrogens with zero attached hydrogens (tertiary/aromatic N) is 5. The fraction of sp³-hybridized carbons (Fsp3) is 0.200. The zero-order valence-corrected chi connectivity index (χ0v) is 19.0. The van der Waals surface area contributed by atoms with Crippen LogP contribution in [0, 0.1) is 6.92 Å². The molecule has 2 aromatic carbocycles. The van der Waals surface area contributed by atoms with Crippen LogP contribution in [0.15, 0.2) is 84.3 Å². The molecule has 0 aliphatic rings. The lowest BCUT2D eigenvalue weighted by molar-refractivity contribution is -0.116. The van der Waals surface area contributed by atoms with Crippen LogP contribution in [0.5, 0.6) is 0 Å². The number of aryl methyl sites for hydroxylation is 1. The van der Waals surface area contributed by atoms with Crippen molar-refractivity contribution in [3.8, 4) is 11.4 Å². The summed E-state index contributed by atoms with van der Waals surface area (Å²) in [5.41, 5.74) is 4.06. The average molecular weight is 444 g/mol. The first-order valence-electron chi connectivity index (χ1n) is 10.5. The quantitative estimate of drug-likeness (QED) is 0.365. The summed E-state index contributed by atoms with van der Waals surface area (Å²) in [5, 5.41) is 9.55. The molecule has 6 nitrogen and oxygen atoms in total. The Balaban J connectivity index is 1.58. The molecule has 0 saturated carbocycles. The van der Waals surface area contributed by atoms with E-state index in [2.05, 4.69) is 27.3 Å². The third-order valence-electron chi connectivity index (χ3n) is 5.17. The number of rotatable bonds is 8. The van der Waals surface area contributed by atoms with Gasteiger partial charge in [0.2, 0.25) is 5.91 Å². The van der Waals surface area contributed by atoms with Crippen molar-refractivity contribution in [2.45, 2.75) is 25.5 Å². The van der Waals surface area contributed by atoms with Crippen LogP contribution in [0.1, 0.15) is 18.1 Å². The number of hydrogen-bond acceptors (Lipinski definition) is 5. The van der Waals surface area contributed by atoms with E-state index in [0.717, 1.165) is 28.2 Å². The molecule has 0 unspecified atom stereocenters.